The molecule has 3 saturated heterocycles. The second-order valence-electron chi connectivity index (χ2n) is 15.1. The quantitative estimate of drug-likeness (QED) is 0.0942. The van der Waals surface area contributed by atoms with Crippen molar-refractivity contribution < 1.29 is 18.9 Å². The molecular formula is C41H51ClN9O4P. The number of imide groups is 1. The zero-order chi connectivity index (χ0) is 39.2. The van der Waals surface area contributed by atoms with E-state index in [4.69, 9.17) is 16.3 Å². The van der Waals surface area contributed by atoms with E-state index in [1.165, 1.54) is 11.8 Å². The molecule has 1 unspecified atom stereocenters. The number of amides is 2. The van der Waals surface area contributed by atoms with Gasteiger partial charge in [0.25, 0.3) is 0 Å². The minimum atomic E-state index is -2.54. The summed E-state index contributed by atoms with van der Waals surface area (Å²) in [6.07, 6.45) is 5.64. The van der Waals surface area contributed by atoms with Gasteiger partial charge in [0, 0.05) is 81.0 Å². The minimum Gasteiger partial charge on any atom is -0.494 e. The summed E-state index contributed by atoms with van der Waals surface area (Å²) in [5.41, 5.74) is 4.73. The van der Waals surface area contributed by atoms with Gasteiger partial charge < -0.3 is 35.1 Å². The molecule has 56 heavy (non-hydrogen) atoms. The first-order valence-corrected chi connectivity index (χ1v) is 22.3. The number of ether oxygens (including phenoxy) is 1. The largest absolute Gasteiger partial charge is 0.494 e. The van der Waals surface area contributed by atoms with Crippen molar-refractivity contribution in [2.45, 2.75) is 44.2 Å². The van der Waals surface area contributed by atoms with Crippen molar-refractivity contribution in [3.63, 3.8) is 0 Å². The van der Waals surface area contributed by atoms with Crippen LogP contribution in [-0.2, 0) is 20.6 Å². The van der Waals surface area contributed by atoms with Gasteiger partial charge in [-0.1, -0.05) is 35.9 Å². The van der Waals surface area contributed by atoms with Gasteiger partial charge in [-0.15, -0.1) is 0 Å². The Balaban J connectivity index is 0.868. The molecular weight excluding hydrogens is 749 g/mol. The van der Waals surface area contributed by atoms with Crippen molar-refractivity contribution in [1.29, 1.82) is 0 Å². The highest BCUT2D eigenvalue weighted by Crippen LogP contribution is 2.39. The molecule has 13 nitrogen and oxygen atoms in total. The number of nitrogens with zero attached hydrogens (tertiary/aromatic N) is 5. The highest BCUT2D eigenvalue weighted by atomic mass is 35.5. The van der Waals surface area contributed by atoms with Gasteiger partial charge in [0.1, 0.15) is 24.0 Å². The molecule has 1 atom stereocenters. The van der Waals surface area contributed by atoms with Crippen molar-refractivity contribution >= 4 is 70.4 Å². The van der Waals surface area contributed by atoms with E-state index in [1.807, 2.05) is 42.5 Å². The van der Waals surface area contributed by atoms with Crippen LogP contribution >= 0.6 is 18.7 Å². The van der Waals surface area contributed by atoms with E-state index in [-0.39, 0.29) is 17.9 Å². The number of piperazine rings is 1. The summed E-state index contributed by atoms with van der Waals surface area (Å²) in [5.74, 6) is 1.00. The Labute approximate surface area is 333 Å². The number of benzene rings is 3. The number of nitrogens with one attached hydrogen (secondary N) is 4. The summed E-state index contributed by atoms with van der Waals surface area (Å²) < 4.78 is 18.7. The van der Waals surface area contributed by atoms with E-state index < -0.39 is 7.14 Å². The van der Waals surface area contributed by atoms with Crippen molar-refractivity contribution in [2.75, 3.05) is 87.1 Å². The first kappa shape index (κ1) is 39.6. The topological polar surface area (TPSA) is 144 Å². The summed E-state index contributed by atoms with van der Waals surface area (Å²) in [6.45, 7) is 10.8. The Morgan fingerprint density at radius 1 is 0.911 bits per heavy atom. The average Bonchev–Trinajstić information content (AvgIpc) is 3.20. The zero-order valence-electron chi connectivity index (χ0n) is 32.3. The first-order chi connectivity index (χ1) is 27.0. The standard InChI is InChI=1S/C41H51ClN9O4P/c1-55-36-26-31(12-13-33(36)46-41-43-27-32(42)39(48-41)45-34-6-4-5-7-37(34)56(2,3)54)50-20-17-30(18-21-50)51-24-22-49(23-25-51)19-16-28-8-10-29(11-9-28)44-35-14-15-38(52)47-40(35)53/h4-13,26-27,30,35,44H,14-25H2,1-3H3,(H,47,52,53)(H2,43,45,46,48). The number of hydrogen-bond donors (Lipinski definition) is 4. The fourth-order valence-electron chi connectivity index (χ4n) is 7.72. The van der Waals surface area contributed by atoms with E-state index in [1.54, 1.807) is 20.4 Å². The van der Waals surface area contributed by atoms with Crippen molar-refractivity contribution in [3.05, 3.63) is 83.5 Å². The highest BCUT2D eigenvalue weighted by molar-refractivity contribution is 7.70. The summed E-state index contributed by atoms with van der Waals surface area (Å²) in [7, 11) is -0.874. The third-order valence-corrected chi connectivity index (χ3v) is 12.7. The Morgan fingerprint density at radius 2 is 1.66 bits per heavy atom. The highest BCUT2D eigenvalue weighted by Gasteiger charge is 2.29. The molecule has 0 saturated carbocycles. The number of methoxy groups -OCH3 is 1. The van der Waals surface area contributed by atoms with Gasteiger partial charge in [0.05, 0.1) is 24.7 Å². The number of para-hydroxylation sites is 1. The molecule has 3 aliphatic heterocycles. The van der Waals surface area contributed by atoms with Crippen LogP contribution in [0.25, 0.3) is 0 Å². The lowest BCUT2D eigenvalue weighted by Gasteiger charge is -2.43. The van der Waals surface area contributed by atoms with Crippen LogP contribution in [0, 0.1) is 0 Å². The van der Waals surface area contributed by atoms with Crippen LogP contribution in [0.2, 0.25) is 5.02 Å². The number of piperidine rings is 2. The predicted molar refractivity (Wildman–Crippen MR) is 225 cm³/mol. The van der Waals surface area contributed by atoms with E-state index in [0.717, 1.165) is 87.4 Å². The zero-order valence-corrected chi connectivity index (χ0v) is 33.9. The van der Waals surface area contributed by atoms with Crippen LogP contribution in [0.5, 0.6) is 5.75 Å². The third kappa shape index (κ3) is 9.81. The van der Waals surface area contributed by atoms with E-state index in [0.29, 0.717) is 47.1 Å². The minimum absolute atomic E-state index is 0.202. The average molecular weight is 800 g/mol. The van der Waals surface area contributed by atoms with Crippen molar-refractivity contribution in [3.8, 4) is 5.75 Å². The van der Waals surface area contributed by atoms with Gasteiger partial charge in [-0.05, 0) is 81.0 Å². The lowest BCUT2D eigenvalue weighted by Crippen LogP contribution is -2.53. The molecule has 4 aromatic rings. The maximum Gasteiger partial charge on any atom is 0.249 e. The van der Waals surface area contributed by atoms with Crippen LogP contribution in [0.3, 0.4) is 0 Å². The monoisotopic (exact) mass is 799 g/mol. The van der Waals surface area contributed by atoms with E-state index in [9.17, 15) is 14.2 Å². The second-order valence-corrected chi connectivity index (χ2v) is 18.7. The predicted octanol–water partition coefficient (Wildman–Crippen LogP) is 5.92. The Hall–Kier alpha value is -4.68. The molecule has 0 aliphatic carbocycles. The molecule has 2 amide bonds. The molecule has 15 heteroatoms. The molecule has 3 aromatic carbocycles. The Kier molecular flexibility index (Phi) is 12.5. The van der Waals surface area contributed by atoms with Gasteiger partial charge >= 0.3 is 0 Å². The van der Waals surface area contributed by atoms with Crippen LogP contribution in [0.1, 0.15) is 31.2 Å². The SMILES string of the molecule is COc1cc(N2CCC(N3CCN(CCc4ccc(NC5CCC(=O)NC5=O)cc4)CC3)CC2)ccc1Nc1ncc(Cl)c(Nc2ccccc2P(C)(C)=O)n1. The van der Waals surface area contributed by atoms with Gasteiger partial charge in [-0.25, -0.2) is 4.98 Å². The molecule has 0 bridgehead atoms. The molecule has 1 aromatic heterocycles. The van der Waals surface area contributed by atoms with Gasteiger partial charge in [-0.2, -0.15) is 4.98 Å². The molecule has 0 spiro atoms. The van der Waals surface area contributed by atoms with E-state index in [2.05, 4.69) is 70.2 Å². The number of hydrogen-bond acceptors (Lipinski definition) is 12. The maximum atomic E-state index is 12.9. The number of halogens is 1. The summed E-state index contributed by atoms with van der Waals surface area (Å²) in [5, 5.41) is 13.3. The molecule has 3 fully saturated rings. The lowest BCUT2D eigenvalue weighted by atomic mass is 10.0. The van der Waals surface area contributed by atoms with Crippen LogP contribution in [0.4, 0.5) is 34.5 Å². The smallest absolute Gasteiger partial charge is 0.249 e. The van der Waals surface area contributed by atoms with Crippen LogP contribution in [0.15, 0.2) is 72.9 Å². The van der Waals surface area contributed by atoms with Gasteiger partial charge in [0.2, 0.25) is 17.8 Å². The number of aromatic nitrogens is 2. The number of carbonyl (C=O) groups excluding carboxylic acids is 2. The van der Waals surface area contributed by atoms with Crippen molar-refractivity contribution in [1.82, 2.24) is 25.1 Å². The van der Waals surface area contributed by atoms with E-state index >= 15 is 0 Å². The normalized spacial score (nSPS) is 18.7. The fourth-order valence-corrected chi connectivity index (χ4v) is 9.01. The van der Waals surface area contributed by atoms with Gasteiger partial charge in [0.15, 0.2) is 5.82 Å². The molecule has 0 radical (unpaired) electrons. The molecule has 296 valence electrons. The van der Waals surface area contributed by atoms with Crippen LogP contribution in [-0.4, -0.2) is 110 Å². The summed E-state index contributed by atoms with van der Waals surface area (Å²) >= 11 is 6.48. The molecule has 4 heterocycles. The molecule has 3 aliphatic rings. The second kappa shape index (κ2) is 17.6. The Bertz CT molecular complexity index is 2060. The van der Waals surface area contributed by atoms with Crippen LogP contribution < -0.4 is 36.2 Å². The van der Waals surface area contributed by atoms with Crippen molar-refractivity contribution in [2.24, 2.45) is 0 Å². The number of anilines is 6. The summed E-state index contributed by atoms with van der Waals surface area (Å²) in [6, 6.07) is 22.2. The number of carbonyl (C=O) groups is 2. The number of rotatable bonds is 13. The Morgan fingerprint density at radius 3 is 2.38 bits per heavy atom. The maximum absolute atomic E-state index is 12.9. The first-order valence-electron chi connectivity index (χ1n) is 19.3. The fraction of sp³-hybridized carbons (Fsp3) is 0.415. The van der Waals surface area contributed by atoms with Gasteiger partial charge in [-0.3, -0.25) is 19.8 Å². The molecule has 7 rings (SSSR count). The third-order valence-electron chi connectivity index (χ3n) is 10.9. The lowest BCUT2D eigenvalue weighted by molar-refractivity contribution is -0.133. The molecule has 4 N–H and O–H groups in total. The summed E-state index contributed by atoms with van der Waals surface area (Å²) in [4.78, 5) is 40.2.